The van der Waals surface area contributed by atoms with E-state index in [1.54, 1.807) is 24.3 Å². The maximum Gasteiger partial charge on any atom is 0.252 e. The molecule has 0 aromatic heterocycles. The zero-order valence-corrected chi connectivity index (χ0v) is 11.1. The van der Waals surface area contributed by atoms with Crippen LogP contribution in [0.5, 0.6) is 5.75 Å². The summed E-state index contributed by atoms with van der Waals surface area (Å²) in [6.07, 6.45) is 0. The van der Waals surface area contributed by atoms with Gasteiger partial charge in [-0.25, -0.2) is 0 Å². The van der Waals surface area contributed by atoms with Gasteiger partial charge in [0.1, 0.15) is 11.8 Å². The summed E-state index contributed by atoms with van der Waals surface area (Å²) in [6, 6.07) is 14.0. The van der Waals surface area contributed by atoms with Gasteiger partial charge in [0.2, 0.25) is 0 Å². The van der Waals surface area contributed by atoms with Crippen molar-refractivity contribution in [3.63, 3.8) is 0 Å². The van der Waals surface area contributed by atoms with E-state index >= 15 is 0 Å². The minimum atomic E-state index is -0.738. The first-order chi connectivity index (χ1) is 10.1. The standard InChI is InChI=1S/C15H15N3O3/c16-14(18-21)13(10-4-2-1-3-5-10)17-15(20)11-6-8-12(19)9-7-11/h1-9,13,19,21H,(H2,16,18)(H,17,20). The fourth-order valence-corrected chi connectivity index (χ4v) is 1.86. The lowest BCUT2D eigenvalue weighted by molar-refractivity contribution is 0.0946. The number of hydrogen-bond acceptors (Lipinski definition) is 4. The number of benzene rings is 2. The van der Waals surface area contributed by atoms with Crippen molar-refractivity contribution in [3.8, 4) is 5.75 Å². The van der Waals surface area contributed by atoms with E-state index in [-0.39, 0.29) is 11.6 Å². The molecule has 2 rings (SSSR count). The van der Waals surface area contributed by atoms with E-state index in [0.717, 1.165) is 0 Å². The molecule has 6 heteroatoms. The molecule has 0 spiro atoms. The molecule has 0 saturated carbocycles. The Bertz CT molecular complexity index is 639. The van der Waals surface area contributed by atoms with Crippen molar-refractivity contribution in [3.05, 3.63) is 65.7 Å². The highest BCUT2D eigenvalue weighted by atomic mass is 16.4. The highest BCUT2D eigenvalue weighted by Gasteiger charge is 2.19. The highest BCUT2D eigenvalue weighted by Crippen LogP contribution is 2.15. The van der Waals surface area contributed by atoms with Crippen LogP contribution >= 0.6 is 0 Å². The lowest BCUT2D eigenvalue weighted by atomic mass is 10.1. The largest absolute Gasteiger partial charge is 0.508 e. The van der Waals surface area contributed by atoms with Crippen LogP contribution in [0.2, 0.25) is 0 Å². The number of rotatable bonds is 4. The van der Waals surface area contributed by atoms with Gasteiger partial charge in [-0.15, -0.1) is 0 Å². The molecule has 0 radical (unpaired) electrons. The molecule has 2 aromatic carbocycles. The average Bonchev–Trinajstić information content (AvgIpc) is 2.53. The van der Waals surface area contributed by atoms with E-state index in [9.17, 15) is 9.90 Å². The van der Waals surface area contributed by atoms with Crippen LogP contribution in [0.4, 0.5) is 0 Å². The lowest BCUT2D eigenvalue weighted by Gasteiger charge is -2.17. The first kappa shape index (κ1) is 14.4. The Labute approximate surface area is 121 Å². The molecule has 0 aliphatic heterocycles. The molecule has 0 fully saturated rings. The second-order valence-corrected chi connectivity index (χ2v) is 4.39. The fraction of sp³-hybridized carbons (Fsp3) is 0.0667. The van der Waals surface area contributed by atoms with Crippen LogP contribution in [0.1, 0.15) is 22.0 Å². The Morgan fingerprint density at radius 1 is 1.10 bits per heavy atom. The van der Waals surface area contributed by atoms with E-state index in [0.29, 0.717) is 11.1 Å². The van der Waals surface area contributed by atoms with Crippen molar-refractivity contribution in [2.45, 2.75) is 6.04 Å². The summed E-state index contributed by atoms with van der Waals surface area (Å²) in [5.41, 5.74) is 6.70. The monoisotopic (exact) mass is 285 g/mol. The van der Waals surface area contributed by atoms with E-state index in [2.05, 4.69) is 10.5 Å². The summed E-state index contributed by atoms with van der Waals surface area (Å²) in [4.78, 5) is 12.2. The number of carbonyl (C=O) groups is 1. The number of amidine groups is 1. The highest BCUT2D eigenvalue weighted by molar-refractivity contribution is 5.98. The maximum atomic E-state index is 12.2. The summed E-state index contributed by atoms with van der Waals surface area (Å²) < 4.78 is 0. The summed E-state index contributed by atoms with van der Waals surface area (Å²) in [6.45, 7) is 0. The topological polar surface area (TPSA) is 108 Å². The van der Waals surface area contributed by atoms with Crippen molar-refractivity contribution in [2.75, 3.05) is 0 Å². The molecule has 1 amide bonds. The molecular weight excluding hydrogens is 270 g/mol. The lowest BCUT2D eigenvalue weighted by Crippen LogP contribution is -2.37. The van der Waals surface area contributed by atoms with Gasteiger partial charge >= 0.3 is 0 Å². The predicted octanol–water partition coefficient (Wildman–Crippen LogP) is 1.61. The summed E-state index contributed by atoms with van der Waals surface area (Å²) in [5.74, 6) is -0.439. The Kier molecular flexibility index (Phi) is 4.40. The molecule has 108 valence electrons. The van der Waals surface area contributed by atoms with Crippen molar-refractivity contribution >= 4 is 11.7 Å². The van der Waals surface area contributed by atoms with Crippen LogP contribution < -0.4 is 11.1 Å². The molecular formula is C15H15N3O3. The Morgan fingerprint density at radius 3 is 2.29 bits per heavy atom. The second kappa shape index (κ2) is 6.42. The number of nitrogens with one attached hydrogen (secondary N) is 1. The van der Waals surface area contributed by atoms with Gasteiger partial charge in [0, 0.05) is 5.56 Å². The summed E-state index contributed by atoms with van der Waals surface area (Å²) >= 11 is 0. The molecule has 0 heterocycles. The van der Waals surface area contributed by atoms with Gasteiger partial charge in [0.25, 0.3) is 5.91 Å². The first-order valence-electron chi connectivity index (χ1n) is 6.24. The molecule has 0 aliphatic rings. The first-order valence-corrected chi connectivity index (χ1v) is 6.24. The number of carbonyl (C=O) groups excluding carboxylic acids is 1. The molecule has 0 aliphatic carbocycles. The van der Waals surface area contributed by atoms with Crippen LogP contribution in [0.25, 0.3) is 0 Å². The van der Waals surface area contributed by atoms with Crippen molar-refractivity contribution in [1.29, 1.82) is 0 Å². The minimum Gasteiger partial charge on any atom is -0.508 e. The summed E-state index contributed by atoms with van der Waals surface area (Å²) in [7, 11) is 0. The SMILES string of the molecule is N/C(=N\O)C(NC(=O)c1ccc(O)cc1)c1ccccc1. The number of oxime groups is 1. The number of amides is 1. The zero-order valence-electron chi connectivity index (χ0n) is 11.1. The van der Waals surface area contributed by atoms with Gasteiger partial charge in [-0.3, -0.25) is 4.79 Å². The van der Waals surface area contributed by atoms with Gasteiger partial charge in [-0.1, -0.05) is 35.5 Å². The molecule has 5 N–H and O–H groups in total. The van der Waals surface area contributed by atoms with E-state index in [1.165, 1.54) is 24.3 Å². The quantitative estimate of drug-likeness (QED) is 0.296. The van der Waals surface area contributed by atoms with Gasteiger partial charge < -0.3 is 21.4 Å². The zero-order chi connectivity index (χ0) is 15.2. The number of nitrogens with two attached hydrogens (primary N) is 1. The Hall–Kier alpha value is -3.02. The molecule has 2 aromatic rings. The maximum absolute atomic E-state index is 12.2. The van der Waals surface area contributed by atoms with Gasteiger partial charge in [0.15, 0.2) is 5.84 Å². The number of hydrogen-bond donors (Lipinski definition) is 4. The van der Waals surface area contributed by atoms with Crippen LogP contribution in [0, 0.1) is 0 Å². The third-order valence-corrected chi connectivity index (χ3v) is 2.95. The minimum absolute atomic E-state index is 0.0718. The van der Waals surface area contributed by atoms with E-state index < -0.39 is 11.9 Å². The third-order valence-electron chi connectivity index (χ3n) is 2.95. The van der Waals surface area contributed by atoms with Crippen LogP contribution in [-0.4, -0.2) is 22.1 Å². The number of phenols is 1. The van der Waals surface area contributed by atoms with Crippen LogP contribution in [0.15, 0.2) is 59.8 Å². The molecule has 0 bridgehead atoms. The van der Waals surface area contributed by atoms with Gasteiger partial charge in [-0.05, 0) is 29.8 Å². The van der Waals surface area contributed by atoms with Crippen molar-refractivity contribution < 1.29 is 15.1 Å². The summed E-state index contributed by atoms with van der Waals surface area (Å²) in [5, 5.41) is 23.7. The molecule has 0 saturated heterocycles. The third kappa shape index (κ3) is 3.50. The molecule has 21 heavy (non-hydrogen) atoms. The number of phenolic OH excluding ortho intramolecular Hbond substituents is 1. The molecule has 1 atom stereocenters. The van der Waals surface area contributed by atoms with Gasteiger partial charge in [0.05, 0.1) is 0 Å². The molecule has 1 unspecified atom stereocenters. The number of aromatic hydroxyl groups is 1. The van der Waals surface area contributed by atoms with Crippen molar-refractivity contribution in [1.82, 2.24) is 5.32 Å². The normalized spacial score (nSPS) is 12.7. The second-order valence-electron chi connectivity index (χ2n) is 4.39. The molecule has 6 nitrogen and oxygen atoms in total. The smallest absolute Gasteiger partial charge is 0.252 e. The van der Waals surface area contributed by atoms with E-state index in [4.69, 9.17) is 10.9 Å². The fourth-order valence-electron chi connectivity index (χ4n) is 1.86. The number of nitrogens with zero attached hydrogens (tertiary/aromatic N) is 1. The van der Waals surface area contributed by atoms with Crippen LogP contribution in [-0.2, 0) is 0 Å². The van der Waals surface area contributed by atoms with Gasteiger partial charge in [-0.2, -0.15) is 0 Å². The van der Waals surface area contributed by atoms with E-state index in [1.807, 2.05) is 6.07 Å². The Balaban J connectivity index is 2.23. The average molecular weight is 285 g/mol. The Morgan fingerprint density at radius 2 is 1.71 bits per heavy atom. The van der Waals surface area contributed by atoms with Crippen LogP contribution in [0.3, 0.4) is 0 Å². The predicted molar refractivity (Wildman–Crippen MR) is 78.2 cm³/mol. The van der Waals surface area contributed by atoms with Crippen molar-refractivity contribution in [2.24, 2.45) is 10.9 Å².